The smallest absolute Gasteiger partial charge is 0.336 e. The van der Waals surface area contributed by atoms with Gasteiger partial charge < -0.3 is 14.6 Å². The zero-order valence-corrected chi connectivity index (χ0v) is 19.7. The molecule has 5 rings (SSSR count). The van der Waals surface area contributed by atoms with Crippen LogP contribution < -0.4 is 5.01 Å². The summed E-state index contributed by atoms with van der Waals surface area (Å²) in [6, 6.07) is 22.6. The van der Waals surface area contributed by atoms with Crippen LogP contribution in [0.3, 0.4) is 0 Å². The van der Waals surface area contributed by atoms with E-state index in [1.54, 1.807) is 30.3 Å². The predicted octanol–water partition coefficient (Wildman–Crippen LogP) is 5.83. The van der Waals surface area contributed by atoms with Crippen molar-refractivity contribution in [3.63, 3.8) is 0 Å². The number of furan rings is 1. The zero-order valence-electron chi connectivity index (χ0n) is 19.0. The van der Waals surface area contributed by atoms with Gasteiger partial charge in [0.15, 0.2) is 0 Å². The van der Waals surface area contributed by atoms with Crippen molar-refractivity contribution in [2.75, 3.05) is 5.01 Å². The monoisotopic (exact) mass is 512 g/mol. The van der Waals surface area contributed by atoms with Crippen molar-refractivity contribution in [3.8, 4) is 11.3 Å². The lowest BCUT2D eigenvalue weighted by molar-refractivity contribution is -0.114. The lowest BCUT2D eigenvalue weighted by atomic mass is 10.0. The van der Waals surface area contributed by atoms with Crippen LogP contribution in [0, 0.1) is 0 Å². The molecule has 2 N–H and O–H groups in total. The molecule has 2 heterocycles. The molecule has 1 aliphatic rings. The molecular weight excluding hydrogens is 496 g/mol. The molecule has 1 aliphatic heterocycles. The van der Waals surface area contributed by atoms with Gasteiger partial charge in [0.2, 0.25) is 0 Å². The molecule has 8 nitrogen and oxygen atoms in total. The molecule has 0 bridgehead atoms. The van der Waals surface area contributed by atoms with Crippen molar-refractivity contribution in [1.82, 2.24) is 0 Å². The topological polar surface area (TPSA) is 120 Å². The summed E-state index contributed by atoms with van der Waals surface area (Å²) in [5.74, 6) is -2.18. The van der Waals surface area contributed by atoms with Crippen LogP contribution in [0.2, 0.25) is 5.02 Å². The van der Waals surface area contributed by atoms with Crippen LogP contribution >= 0.6 is 11.6 Å². The molecule has 4 aromatic rings. The minimum Gasteiger partial charge on any atom is -0.478 e. The number of hydrogen-bond acceptors (Lipinski definition) is 5. The van der Waals surface area contributed by atoms with Crippen molar-refractivity contribution in [1.29, 1.82) is 0 Å². The molecule has 0 unspecified atom stereocenters. The Morgan fingerprint density at radius 3 is 2.41 bits per heavy atom. The molecule has 1 amide bonds. The summed E-state index contributed by atoms with van der Waals surface area (Å²) < 4.78 is 5.90. The molecule has 0 aliphatic carbocycles. The molecule has 1 aromatic heterocycles. The van der Waals surface area contributed by atoms with Crippen LogP contribution in [0.1, 0.15) is 32.0 Å². The Kier molecular flexibility index (Phi) is 6.17. The number of anilines is 1. The third-order valence-electron chi connectivity index (χ3n) is 5.65. The van der Waals surface area contributed by atoms with E-state index >= 15 is 0 Å². The Balaban J connectivity index is 1.58. The van der Waals surface area contributed by atoms with Gasteiger partial charge in [-0.3, -0.25) is 4.79 Å². The highest BCUT2D eigenvalue weighted by molar-refractivity contribution is 6.37. The van der Waals surface area contributed by atoms with Crippen molar-refractivity contribution in [2.24, 2.45) is 5.10 Å². The number of benzene rings is 3. The molecule has 0 radical (unpaired) electrons. The first-order valence-electron chi connectivity index (χ1n) is 11.0. The van der Waals surface area contributed by atoms with Crippen LogP contribution in [-0.2, 0) is 4.79 Å². The average Bonchev–Trinajstić information content (AvgIpc) is 3.49. The van der Waals surface area contributed by atoms with E-state index in [2.05, 4.69) is 5.10 Å². The number of hydrazone groups is 1. The second-order valence-corrected chi connectivity index (χ2v) is 8.48. The van der Waals surface area contributed by atoms with Crippen LogP contribution in [0.5, 0.6) is 0 Å². The van der Waals surface area contributed by atoms with Gasteiger partial charge in [-0.25, -0.2) is 9.59 Å². The average molecular weight is 513 g/mol. The van der Waals surface area contributed by atoms with Gasteiger partial charge >= 0.3 is 11.9 Å². The molecule has 9 heteroatoms. The van der Waals surface area contributed by atoms with Crippen molar-refractivity contribution >= 4 is 46.9 Å². The maximum atomic E-state index is 13.5. The number of carboxylic acids is 2. The molecule has 0 fully saturated rings. The van der Waals surface area contributed by atoms with Crippen LogP contribution in [0.25, 0.3) is 17.4 Å². The second kappa shape index (κ2) is 9.60. The summed E-state index contributed by atoms with van der Waals surface area (Å²) in [7, 11) is 0. The van der Waals surface area contributed by atoms with E-state index < -0.39 is 17.8 Å². The van der Waals surface area contributed by atoms with E-state index in [0.29, 0.717) is 33.3 Å². The lowest BCUT2D eigenvalue weighted by Crippen LogP contribution is -2.21. The van der Waals surface area contributed by atoms with E-state index in [-0.39, 0.29) is 22.5 Å². The normalized spacial score (nSPS) is 14.2. The largest absolute Gasteiger partial charge is 0.478 e. The number of carbonyl (C=O) groups is 3. The van der Waals surface area contributed by atoms with Gasteiger partial charge in [0, 0.05) is 16.1 Å². The summed E-state index contributed by atoms with van der Waals surface area (Å²) in [6.07, 6.45) is 1.52. The molecule has 0 saturated carbocycles. The number of halogens is 1. The fourth-order valence-electron chi connectivity index (χ4n) is 3.92. The number of hydrogen-bond donors (Lipinski definition) is 2. The zero-order chi connectivity index (χ0) is 26.1. The molecule has 0 atom stereocenters. The number of amides is 1. The number of carbonyl (C=O) groups excluding carboxylic acids is 1. The van der Waals surface area contributed by atoms with E-state index in [9.17, 15) is 24.6 Å². The maximum Gasteiger partial charge on any atom is 0.336 e. The summed E-state index contributed by atoms with van der Waals surface area (Å²) in [5, 5.41) is 24.9. The van der Waals surface area contributed by atoms with Crippen LogP contribution in [-0.4, -0.2) is 33.8 Å². The van der Waals surface area contributed by atoms with Gasteiger partial charge in [-0.05, 0) is 54.6 Å². The Hall–Kier alpha value is -4.95. The van der Waals surface area contributed by atoms with Gasteiger partial charge in [-0.1, -0.05) is 48.0 Å². The Labute approximate surface area is 215 Å². The number of aromatic carboxylic acids is 2. The molecule has 0 saturated heterocycles. The first-order chi connectivity index (χ1) is 17.8. The highest BCUT2D eigenvalue weighted by Gasteiger charge is 2.32. The Bertz CT molecular complexity index is 1620. The highest BCUT2D eigenvalue weighted by Crippen LogP contribution is 2.32. The van der Waals surface area contributed by atoms with Gasteiger partial charge in [0.25, 0.3) is 5.91 Å². The molecule has 182 valence electrons. The maximum absolute atomic E-state index is 13.5. The minimum absolute atomic E-state index is 0.0191. The number of carboxylic acid groups (broad SMARTS) is 2. The minimum atomic E-state index is -1.13. The molecular formula is C28H17ClN2O6. The van der Waals surface area contributed by atoms with Crippen molar-refractivity contribution in [3.05, 3.63) is 118 Å². The molecule has 37 heavy (non-hydrogen) atoms. The second-order valence-electron chi connectivity index (χ2n) is 8.04. The fraction of sp³-hybridized carbons (Fsp3) is 0. The third-order valence-corrected chi connectivity index (χ3v) is 5.89. The fourth-order valence-corrected chi connectivity index (χ4v) is 4.10. The van der Waals surface area contributed by atoms with E-state index in [1.807, 2.05) is 18.2 Å². The van der Waals surface area contributed by atoms with Gasteiger partial charge in [0.1, 0.15) is 17.2 Å². The third kappa shape index (κ3) is 4.65. The quantitative estimate of drug-likeness (QED) is 0.313. The highest BCUT2D eigenvalue weighted by atomic mass is 35.5. The lowest BCUT2D eigenvalue weighted by Gasteiger charge is -2.12. The van der Waals surface area contributed by atoms with Crippen LogP contribution in [0.15, 0.2) is 100 Å². The molecule has 0 spiro atoms. The SMILES string of the molecule is O=C(O)c1cccc(N2N=C(c3ccccc3)C(=Cc3ccc(-c4cc(Cl)ccc4C(=O)O)o3)C2=O)c1. The first kappa shape index (κ1) is 23.8. The summed E-state index contributed by atoms with van der Waals surface area (Å²) in [6.45, 7) is 0. The summed E-state index contributed by atoms with van der Waals surface area (Å²) in [5.41, 5.74) is 1.90. The van der Waals surface area contributed by atoms with Crippen molar-refractivity contribution in [2.45, 2.75) is 0 Å². The van der Waals surface area contributed by atoms with E-state index in [0.717, 1.165) is 5.01 Å². The Morgan fingerprint density at radius 2 is 1.68 bits per heavy atom. The van der Waals surface area contributed by atoms with Gasteiger partial charge in [-0.15, -0.1) is 0 Å². The summed E-state index contributed by atoms with van der Waals surface area (Å²) in [4.78, 5) is 36.6. The molecule has 3 aromatic carbocycles. The van der Waals surface area contributed by atoms with Crippen molar-refractivity contribution < 1.29 is 29.0 Å². The van der Waals surface area contributed by atoms with Gasteiger partial charge in [-0.2, -0.15) is 10.1 Å². The first-order valence-corrected chi connectivity index (χ1v) is 11.4. The van der Waals surface area contributed by atoms with Crippen LogP contribution in [0.4, 0.5) is 5.69 Å². The number of rotatable bonds is 6. The van der Waals surface area contributed by atoms with E-state index in [1.165, 1.54) is 42.5 Å². The standard InChI is InChI=1S/C28H17ClN2O6/c29-18-9-11-21(28(35)36)22(14-18)24-12-10-20(37-24)15-23-25(16-5-2-1-3-6-16)30-31(26(23)32)19-8-4-7-17(13-19)27(33)34/h1-15H,(H,33,34)(H,35,36). The predicted molar refractivity (Wildman–Crippen MR) is 138 cm³/mol. The Morgan fingerprint density at radius 1 is 0.892 bits per heavy atom. The summed E-state index contributed by atoms with van der Waals surface area (Å²) >= 11 is 6.08. The van der Waals surface area contributed by atoms with E-state index in [4.69, 9.17) is 16.0 Å². The van der Waals surface area contributed by atoms with Gasteiger partial charge in [0.05, 0.1) is 22.4 Å². The number of nitrogens with zero attached hydrogens (tertiary/aromatic N) is 2.